The molecule has 4 N–H and O–H groups in total. The molecule has 1 atom stereocenters. The minimum absolute atomic E-state index is 0.0808. The van der Waals surface area contributed by atoms with E-state index in [4.69, 9.17) is 4.52 Å². The Hall–Kier alpha value is -5.09. The average Bonchev–Trinajstić information content (AvgIpc) is 3.58. The third-order valence-corrected chi connectivity index (χ3v) is 7.20. The zero-order valence-electron chi connectivity index (χ0n) is 22.3. The van der Waals surface area contributed by atoms with E-state index in [9.17, 15) is 14.4 Å². The van der Waals surface area contributed by atoms with Crippen molar-refractivity contribution < 1.29 is 18.9 Å². The first kappa shape index (κ1) is 27.5. The van der Waals surface area contributed by atoms with Crippen LogP contribution in [0.3, 0.4) is 0 Å². The Kier molecular flexibility index (Phi) is 8.31. The summed E-state index contributed by atoms with van der Waals surface area (Å²) < 4.78 is 4.99. The largest absolute Gasteiger partial charge is 0.361 e. The van der Waals surface area contributed by atoms with Gasteiger partial charge in [-0.05, 0) is 56.3 Å². The van der Waals surface area contributed by atoms with Gasteiger partial charge in [0.05, 0.1) is 5.25 Å². The number of anilines is 2. The maximum Gasteiger partial charge on any atom is 0.272 e. The topological polar surface area (TPSA) is 129 Å². The summed E-state index contributed by atoms with van der Waals surface area (Å²) in [4.78, 5) is 43.1. The van der Waals surface area contributed by atoms with Crippen molar-refractivity contribution >= 4 is 58.0 Å². The lowest BCUT2D eigenvalue weighted by molar-refractivity contribution is -0.115. The van der Waals surface area contributed by atoms with Crippen molar-refractivity contribution in [1.82, 2.24) is 15.5 Å². The predicted molar refractivity (Wildman–Crippen MR) is 160 cm³/mol. The molecule has 0 aliphatic carbocycles. The third-order valence-electron chi connectivity index (χ3n) is 6.10. The molecule has 0 aliphatic rings. The molecule has 41 heavy (non-hydrogen) atoms. The van der Waals surface area contributed by atoms with Crippen LogP contribution in [-0.4, -0.2) is 33.1 Å². The number of aromatic nitrogens is 2. The number of rotatable bonds is 9. The first-order valence-corrected chi connectivity index (χ1v) is 13.7. The molecule has 0 spiro atoms. The molecule has 2 heterocycles. The summed E-state index contributed by atoms with van der Waals surface area (Å²) in [5, 5.41) is 12.6. The number of aromatic amines is 1. The van der Waals surface area contributed by atoms with Gasteiger partial charge >= 0.3 is 0 Å². The summed E-state index contributed by atoms with van der Waals surface area (Å²) in [5.41, 5.74) is 2.69. The number of nitrogens with zero attached hydrogens (tertiary/aromatic N) is 1. The van der Waals surface area contributed by atoms with Gasteiger partial charge in [0, 0.05) is 44.9 Å². The first-order chi connectivity index (χ1) is 19.9. The fourth-order valence-electron chi connectivity index (χ4n) is 4.07. The second-order valence-electron chi connectivity index (χ2n) is 9.22. The minimum Gasteiger partial charge on any atom is -0.361 e. The smallest absolute Gasteiger partial charge is 0.272 e. The van der Waals surface area contributed by atoms with E-state index in [1.807, 2.05) is 36.4 Å². The van der Waals surface area contributed by atoms with Gasteiger partial charge < -0.3 is 25.5 Å². The number of fused-ring (bicyclic) bond motifs is 1. The highest BCUT2D eigenvalue weighted by Gasteiger charge is 2.18. The number of carbonyl (C=O) groups excluding carboxylic acids is 3. The van der Waals surface area contributed by atoms with Crippen molar-refractivity contribution in [1.29, 1.82) is 0 Å². The number of H-pyrrole nitrogens is 1. The Balaban J connectivity index is 1.34. The van der Waals surface area contributed by atoms with Gasteiger partial charge in [-0.1, -0.05) is 47.6 Å². The van der Waals surface area contributed by atoms with E-state index >= 15 is 0 Å². The van der Waals surface area contributed by atoms with Crippen molar-refractivity contribution in [2.24, 2.45) is 0 Å². The van der Waals surface area contributed by atoms with E-state index in [2.05, 4.69) is 26.1 Å². The molecule has 10 heteroatoms. The lowest BCUT2D eigenvalue weighted by Crippen LogP contribution is -2.30. The summed E-state index contributed by atoms with van der Waals surface area (Å²) >= 11 is 1.33. The molecule has 2 aromatic heterocycles. The van der Waals surface area contributed by atoms with Crippen molar-refractivity contribution in [3.8, 4) is 0 Å². The summed E-state index contributed by atoms with van der Waals surface area (Å²) in [7, 11) is 0. The zero-order valence-corrected chi connectivity index (χ0v) is 23.1. The quantitative estimate of drug-likeness (QED) is 0.128. The maximum absolute atomic E-state index is 13.5. The average molecular weight is 566 g/mol. The summed E-state index contributed by atoms with van der Waals surface area (Å²) in [6.07, 6.45) is 3.43. The van der Waals surface area contributed by atoms with Crippen LogP contribution < -0.4 is 16.0 Å². The molecule has 0 saturated heterocycles. The molecule has 9 nitrogen and oxygen atoms in total. The van der Waals surface area contributed by atoms with E-state index < -0.39 is 17.1 Å². The Morgan fingerprint density at radius 3 is 2.51 bits per heavy atom. The molecule has 3 amide bonds. The van der Waals surface area contributed by atoms with Crippen LogP contribution in [0.15, 0.2) is 106 Å². The van der Waals surface area contributed by atoms with Crippen LogP contribution >= 0.6 is 11.8 Å². The molecule has 3 aromatic carbocycles. The Morgan fingerprint density at radius 2 is 1.73 bits per heavy atom. The Labute approximate surface area is 240 Å². The van der Waals surface area contributed by atoms with Gasteiger partial charge in [0.15, 0.2) is 5.82 Å². The second-order valence-corrected chi connectivity index (χ2v) is 10.6. The predicted octanol–water partition coefficient (Wildman–Crippen LogP) is 5.99. The molecule has 0 radical (unpaired) electrons. The van der Waals surface area contributed by atoms with Crippen molar-refractivity contribution in [2.75, 3.05) is 10.6 Å². The number of hydrogen-bond acceptors (Lipinski definition) is 6. The molecular weight excluding hydrogens is 538 g/mol. The van der Waals surface area contributed by atoms with E-state index in [0.717, 1.165) is 21.4 Å². The number of amides is 3. The lowest BCUT2D eigenvalue weighted by Gasteiger charge is -2.13. The number of nitrogens with one attached hydrogen (secondary N) is 4. The minimum atomic E-state index is -0.492. The number of thioether (sulfide) groups is 1. The van der Waals surface area contributed by atoms with Crippen molar-refractivity contribution in [2.45, 2.75) is 24.0 Å². The van der Waals surface area contributed by atoms with Crippen LogP contribution in [0.1, 0.15) is 28.6 Å². The maximum atomic E-state index is 13.5. The van der Waals surface area contributed by atoms with Crippen LogP contribution in [0, 0.1) is 6.92 Å². The van der Waals surface area contributed by atoms with Crippen LogP contribution in [0.4, 0.5) is 11.5 Å². The molecule has 0 bridgehead atoms. The standard InChI is InChI=1S/C31H27N5O4S/c1-19-15-28(36-40-19)35-29(37)20(2)41-24-12-8-11-23(17-24)33-31(39)27(34-30(38)21-9-4-3-5-10-21)16-22-18-32-26-14-7-6-13-25(22)26/h3-18,20,32H,1-2H3,(H,33,39)(H,34,38)(H,35,36,37)/b27-16-. The lowest BCUT2D eigenvalue weighted by atomic mass is 10.1. The van der Waals surface area contributed by atoms with Gasteiger partial charge in [-0.2, -0.15) is 0 Å². The van der Waals surface area contributed by atoms with Gasteiger partial charge in [-0.15, -0.1) is 11.8 Å². The zero-order chi connectivity index (χ0) is 28.8. The normalized spacial score (nSPS) is 12.1. The number of carbonyl (C=O) groups is 3. The van der Waals surface area contributed by atoms with Crippen molar-refractivity contribution in [3.63, 3.8) is 0 Å². The van der Waals surface area contributed by atoms with Crippen molar-refractivity contribution in [3.05, 3.63) is 114 Å². The fraction of sp³-hybridized carbons (Fsp3) is 0.0968. The highest BCUT2D eigenvalue weighted by Crippen LogP contribution is 2.27. The van der Waals surface area contributed by atoms with Crippen LogP contribution in [0.2, 0.25) is 0 Å². The molecule has 5 aromatic rings. The molecule has 0 fully saturated rings. The fourth-order valence-corrected chi connectivity index (χ4v) is 4.99. The second kappa shape index (κ2) is 12.4. The van der Waals surface area contributed by atoms with E-state index in [1.165, 1.54) is 11.8 Å². The van der Waals surface area contributed by atoms with E-state index in [-0.39, 0.29) is 11.6 Å². The molecule has 0 aliphatic heterocycles. The number of para-hydroxylation sites is 1. The molecule has 206 valence electrons. The molecular formula is C31H27N5O4S. The van der Waals surface area contributed by atoms with Crippen LogP contribution in [0.5, 0.6) is 0 Å². The Morgan fingerprint density at radius 1 is 0.951 bits per heavy atom. The number of benzene rings is 3. The van der Waals surface area contributed by atoms with Crippen LogP contribution in [-0.2, 0) is 9.59 Å². The molecule has 0 saturated carbocycles. The van der Waals surface area contributed by atoms with Crippen LogP contribution in [0.25, 0.3) is 17.0 Å². The van der Waals surface area contributed by atoms with Gasteiger partial charge in [-0.3, -0.25) is 14.4 Å². The van der Waals surface area contributed by atoms with Gasteiger partial charge in [0.2, 0.25) is 5.91 Å². The summed E-state index contributed by atoms with van der Waals surface area (Å²) in [5.74, 6) is -0.173. The summed E-state index contributed by atoms with van der Waals surface area (Å²) in [6.45, 7) is 3.52. The highest BCUT2D eigenvalue weighted by molar-refractivity contribution is 8.00. The SMILES string of the molecule is Cc1cc(NC(=O)C(C)Sc2cccc(NC(=O)/C(=C/c3c[nH]c4ccccc34)NC(=O)c3ccccc3)c2)no1. The molecule has 5 rings (SSSR count). The highest BCUT2D eigenvalue weighted by atomic mass is 32.2. The van der Waals surface area contributed by atoms with Gasteiger partial charge in [0.25, 0.3) is 11.8 Å². The molecule has 1 unspecified atom stereocenters. The van der Waals surface area contributed by atoms with E-state index in [0.29, 0.717) is 22.8 Å². The summed E-state index contributed by atoms with van der Waals surface area (Å²) in [6, 6.07) is 25.2. The van der Waals surface area contributed by atoms with Gasteiger partial charge in [-0.25, -0.2) is 0 Å². The van der Waals surface area contributed by atoms with E-state index in [1.54, 1.807) is 74.7 Å². The van der Waals surface area contributed by atoms with Gasteiger partial charge in [0.1, 0.15) is 11.5 Å². The number of aryl methyl sites for hydroxylation is 1. The number of hydrogen-bond donors (Lipinski definition) is 4. The third kappa shape index (κ3) is 6.92. The Bertz CT molecular complexity index is 1740. The first-order valence-electron chi connectivity index (χ1n) is 12.8. The monoisotopic (exact) mass is 565 g/mol.